The molecule has 0 aliphatic heterocycles. The van der Waals surface area contributed by atoms with E-state index in [1.807, 2.05) is 20.8 Å². The van der Waals surface area contributed by atoms with Crippen LogP contribution in [0.15, 0.2) is 6.07 Å². The zero-order valence-electron chi connectivity index (χ0n) is 9.28. The molecule has 5 heteroatoms. The smallest absolute Gasteiger partial charge is 0.168 e. The van der Waals surface area contributed by atoms with Crippen LogP contribution in [-0.4, -0.2) is 17.6 Å². The topological polar surface area (TPSA) is 37.0 Å². The van der Waals surface area contributed by atoms with Gasteiger partial charge in [-0.05, 0) is 20.8 Å². The van der Waals surface area contributed by atoms with Gasteiger partial charge in [-0.3, -0.25) is 0 Å². The molecule has 0 atom stereocenters. The molecule has 84 valence electrons. The number of halogens is 2. The van der Waals surface area contributed by atoms with Crippen LogP contribution >= 0.6 is 0 Å². The fourth-order valence-corrected chi connectivity index (χ4v) is 1.08. The normalized spacial score (nSPS) is 11.3. The Hall–Kier alpha value is -1.39. The van der Waals surface area contributed by atoms with Crippen molar-refractivity contribution in [2.24, 2.45) is 0 Å². The number of pyridine rings is 1. The fraction of sp³-hybridized carbons (Fsp3) is 0.500. The van der Waals surface area contributed by atoms with Crippen molar-refractivity contribution in [2.75, 3.05) is 17.7 Å². The Balaban J connectivity index is 3.08. The number of hydrogen-bond acceptors (Lipinski definition) is 3. The Labute approximate surface area is 87.9 Å². The summed E-state index contributed by atoms with van der Waals surface area (Å²) in [5.74, 6) is -1.31. The number of nitrogens with zero attached hydrogens (tertiary/aromatic N) is 1. The molecule has 2 N–H and O–H groups in total. The Morgan fingerprint density at radius 2 is 1.67 bits per heavy atom. The summed E-state index contributed by atoms with van der Waals surface area (Å²) in [7, 11) is 1.53. The van der Waals surface area contributed by atoms with Crippen LogP contribution < -0.4 is 10.6 Å². The summed E-state index contributed by atoms with van der Waals surface area (Å²) in [5, 5.41) is 5.41. The van der Waals surface area contributed by atoms with E-state index in [1.54, 1.807) is 0 Å². The zero-order valence-corrected chi connectivity index (χ0v) is 9.28. The predicted octanol–water partition coefficient (Wildman–Crippen LogP) is 2.61. The van der Waals surface area contributed by atoms with Gasteiger partial charge in [0, 0.05) is 18.7 Å². The minimum atomic E-state index is -0.700. The number of nitrogens with one attached hydrogen (secondary N) is 2. The van der Waals surface area contributed by atoms with Gasteiger partial charge in [0.1, 0.15) is 0 Å². The molecule has 1 heterocycles. The third kappa shape index (κ3) is 3.04. The van der Waals surface area contributed by atoms with E-state index >= 15 is 0 Å². The van der Waals surface area contributed by atoms with Crippen LogP contribution in [0.3, 0.4) is 0 Å². The lowest BCUT2D eigenvalue weighted by molar-refractivity contribution is 0.564. The van der Waals surface area contributed by atoms with Crippen molar-refractivity contribution in [2.45, 2.75) is 26.3 Å². The second-order valence-corrected chi connectivity index (χ2v) is 4.27. The highest BCUT2D eigenvalue weighted by molar-refractivity contribution is 5.48. The maximum atomic E-state index is 13.3. The molecular formula is C10H15F2N3. The van der Waals surface area contributed by atoms with Crippen LogP contribution in [0, 0.1) is 11.6 Å². The van der Waals surface area contributed by atoms with Crippen molar-refractivity contribution in [1.29, 1.82) is 0 Å². The van der Waals surface area contributed by atoms with Crippen molar-refractivity contribution in [3.05, 3.63) is 17.7 Å². The van der Waals surface area contributed by atoms with Gasteiger partial charge in [-0.2, -0.15) is 0 Å². The molecule has 3 nitrogen and oxygen atoms in total. The molecule has 1 aromatic heterocycles. The Morgan fingerprint density at radius 3 is 2.13 bits per heavy atom. The van der Waals surface area contributed by atoms with Crippen molar-refractivity contribution < 1.29 is 8.78 Å². The van der Waals surface area contributed by atoms with E-state index < -0.39 is 11.6 Å². The molecule has 0 aromatic carbocycles. The quantitative estimate of drug-likeness (QED) is 0.796. The molecule has 0 amide bonds. The monoisotopic (exact) mass is 215 g/mol. The summed E-state index contributed by atoms with van der Waals surface area (Å²) in [5.41, 5.74) is -0.323. The van der Waals surface area contributed by atoms with Gasteiger partial charge in [-0.15, -0.1) is 0 Å². The fourth-order valence-electron chi connectivity index (χ4n) is 1.08. The van der Waals surface area contributed by atoms with Gasteiger partial charge in [0.05, 0.1) is 0 Å². The van der Waals surface area contributed by atoms with Crippen LogP contribution in [0.5, 0.6) is 0 Å². The number of rotatable bonds is 2. The summed E-state index contributed by atoms with van der Waals surface area (Å²) >= 11 is 0. The first-order valence-electron chi connectivity index (χ1n) is 4.65. The Kier molecular flexibility index (Phi) is 3.12. The minimum absolute atomic E-state index is 0.0307. The van der Waals surface area contributed by atoms with Gasteiger partial charge in [0.25, 0.3) is 0 Å². The van der Waals surface area contributed by atoms with Crippen molar-refractivity contribution in [1.82, 2.24) is 4.98 Å². The van der Waals surface area contributed by atoms with Gasteiger partial charge >= 0.3 is 0 Å². The van der Waals surface area contributed by atoms with Crippen molar-refractivity contribution in [3.63, 3.8) is 0 Å². The molecule has 0 saturated heterocycles. The van der Waals surface area contributed by atoms with Gasteiger partial charge < -0.3 is 10.6 Å². The predicted molar refractivity (Wildman–Crippen MR) is 57.1 cm³/mol. The average molecular weight is 215 g/mol. The van der Waals surface area contributed by atoms with Crippen LogP contribution in [0.1, 0.15) is 20.8 Å². The SMILES string of the molecule is CNc1nc(NC(C)(C)C)c(F)cc1F. The van der Waals surface area contributed by atoms with Gasteiger partial charge in [-0.1, -0.05) is 0 Å². The summed E-state index contributed by atoms with van der Waals surface area (Å²) in [6.45, 7) is 5.61. The lowest BCUT2D eigenvalue weighted by Gasteiger charge is -2.22. The second-order valence-electron chi connectivity index (χ2n) is 4.27. The van der Waals surface area contributed by atoms with Crippen molar-refractivity contribution >= 4 is 11.6 Å². The van der Waals surface area contributed by atoms with Gasteiger partial charge in [0.2, 0.25) is 0 Å². The average Bonchev–Trinajstić information content (AvgIpc) is 2.07. The van der Waals surface area contributed by atoms with Crippen molar-refractivity contribution in [3.8, 4) is 0 Å². The van der Waals surface area contributed by atoms with E-state index in [4.69, 9.17) is 0 Å². The molecule has 1 rings (SSSR count). The molecule has 0 unspecified atom stereocenters. The standard InChI is InChI=1S/C10H15F2N3/c1-10(2,3)15-9-7(12)5-6(11)8(13-4)14-9/h5H,1-4H3,(H2,13,14,15). The third-order valence-corrected chi connectivity index (χ3v) is 1.66. The molecule has 0 fully saturated rings. The maximum Gasteiger partial charge on any atom is 0.168 e. The lowest BCUT2D eigenvalue weighted by Crippen LogP contribution is -2.27. The largest absolute Gasteiger partial charge is 0.371 e. The summed E-state index contributed by atoms with van der Waals surface area (Å²) in [4.78, 5) is 3.80. The number of aromatic nitrogens is 1. The summed E-state index contributed by atoms with van der Waals surface area (Å²) in [6.07, 6.45) is 0. The number of hydrogen-bond donors (Lipinski definition) is 2. The summed E-state index contributed by atoms with van der Waals surface area (Å²) in [6, 6.07) is 0.812. The van der Waals surface area contributed by atoms with E-state index in [9.17, 15) is 8.78 Å². The first-order valence-corrected chi connectivity index (χ1v) is 4.65. The summed E-state index contributed by atoms with van der Waals surface area (Å²) < 4.78 is 26.4. The maximum absolute atomic E-state index is 13.3. The van der Waals surface area contributed by atoms with Gasteiger partial charge in [0.15, 0.2) is 23.3 Å². The molecule has 0 aliphatic carbocycles. The molecule has 0 saturated carbocycles. The molecule has 0 aliphatic rings. The van der Waals surface area contributed by atoms with E-state index in [0.717, 1.165) is 6.07 Å². The molecule has 0 radical (unpaired) electrons. The Morgan fingerprint density at radius 1 is 1.13 bits per heavy atom. The second kappa shape index (κ2) is 4.00. The minimum Gasteiger partial charge on any atom is -0.371 e. The Bertz CT molecular complexity index is 358. The van der Waals surface area contributed by atoms with Crippen LogP contribution in [0.25, 0.3) is 0 Å². The van der Waals surface area contributed by atoms with Gasteiger partial charge in [-0.25, -0.2) is 13.8 Å². The lowest BCUT2D eigenvalue weighted by atomic mass is 10.1. The van der Waals surface area contributed by atoms with Crippen LogP contribution in [0.4, 0.5) is 20.4 Å². The van der Waals surface area contributed by atoms with E-state index in [-0.39, 0.29) is 17.2 Å². The first kappa shape index (κ1) is 11.7. The molecule has 1 aromatic rings. The van der Waals surface area contributed by atoms with Crippen LogP contribution in [0.2, 0.25) is 0 Å². The highest BCUT2D eigenvalue weighted by Crippen LogP contribution is 2.21. The van der Waals surface area contributed by atoms with Crippen LogP contribution in [-0.2, 0) is 0 Å². The molecular weight excluding hydrogens is 200 g/mol. The third-order valence-electron chi connectivity index (χ3n) is 1.66. The zero-order chi connectivity index (χ0) is 11.6. The molecule has 0 spiro atoms. The first-order chi connectivity index (χ1) is 6.83. The van der Waals surface area contributed by atoms with E-state index in [2.05, 4.69) is 15.6 Å². The molecule has 0 bridgehead atoms. The highest BCUT2D eigenvalue weighted by Gasteiger charge is 2.16. The molecule has 15 heavy (non-hydrogen) atoms. The highest BCUT2D eigenvalue weighted by atomic mass is 19.1. The van der Waals surface area contributed by atoms with E-state index in [1.165, 1.54) is 7.05 Å². The number of anilines is 2. The van der Waals surface area contributed by atoms with E-state index in [0.29, 0.717) is 0 Å².